The predicted molar refractivity (Wildman–Crippen MR) is 55.9 cm³/mol. The summed E-state index contributed by atoms with van der Waals surface area (Å²) < 4.78 is 0. The van der Waals surface area contributed by atoms with E-state index in [0.717, 1.165) is 0 Å². The van der Waals surface area contributed by atoms with E-state index in [2.05, 4.69) is 36.1 Å². The van der Waals surface area contributed by atoms with Crippen molar-refractivity contribution in [1.29, 1.82) is 0 Å². The molecule has 0 aliphatic rings. The summed E-state index contributed by atoms with van der Waals surface area (Å²) in [6, 6.07) is 2.16. The summed E-state index contributed by atoms with van der Waals surface area (Å²) in [4.78, 5) is 1.37. The fraction of sp³-hybridized carbons (Fsp3) is 0.200. The Kier molecular flexibility index (Phi) is 2.03. The normalized spacial score (nSPS) is 10.5. The molecule has 0 nitrogen and oxygen atoms in total. The van der Waals surface area contributed by atoms with E-state index in [1.807, 2.05) is 0 Å². The van der Waals surface area contributed by atoms with Gasteiger partial charge < -0.3 is 0 Å². The number of rotatable bonds is 1. The monoisotopic (exact) mass is 193 g/mol. The van der Waals surface area contributed by atoms with E-state index < -0.39 is 0 Å². The van der Waals surface area contributed by atoms with Gasteiger partial charge in [-0.15, -0.1) is 22.7 Å². The van der Waals surface area contributed by atoms with Gasteiger partial charge in [-0.3, -0.25) is 0 Å². The number of hydrogen-bond acceptors (Lipinski definition) is 2. The molecule has 0 atom stereocenters. The van der Waals surface area contributed by atoms with Crippen LogP contribution in [0.1, 0.15) is 11.1 Å². The molecule has 0 unspecified atom stereocenters. The van der Waals surface area contributed by atoms with Crippen molar-refractivity contribution in [2.45, 2.75) is 13.8 Å². The first-order valence-corrected chi connectivity index (χ1v) is 5.55. The van der Waals surface area contributed by atoms with Crippen molar-refractivity contribution in [1.82, 2.24) is 0 Å². The Balaban J connectivity index is 2.57. The highest BCUT2D eigenvalue weighted by atomic mass is 32.1. The van der Waals surface area contributed by atoms with E-state index >= 15 is 0 Å². The van der Waals surface area contributed by atoms with Crippen LogP contribution in [0.3, 0.4) is 0 Å². The maximum absolute atomic E-state index is 3.30. The third-order valence-corrected chi connectivity index (χ3v) is 3.71. The summed E-state index contributed by atoms with van der Waals surface area (Å²) in [7, 11) is 0. The second-order valence-electron chi connectivity index (χ2n) is 2.83. The molecule has 0 aliphatic heterocycles. The van der Waals surface area contributed by atoms with Gasteiger partial charge in [-0.2, -0.15) is 0 Å². The van der Waals surface area contributed by atoms with Gasteiger partial charge in [0.05, 0.1) is 5.38 Å². The zero-order valence-corrected chi connectivity index (χ0v) is 8.68. The highest BCUT2D eigenvalue weighted by molar-refractivity contribution is 7.14. The van der Waals surface area contributed by atoms with E-state index in [1.54, 1.807) is 22.7 Å². The summed E-state index contributed by atoms with van der Waals surface area (Å²) >= 11 is 3.45. The highest BCUT2D eigenvalue weighted by Gasteiger charge is 2.06. The largest absolute Gasteiger partial charge is 0.143 e. The van der Waals surface area contributed by atoms with Crippen LogP contribution in [-0.2, 0) is 0 Å². The van der Waals surface area contributed by atoms with Crippen LogP contribution in [-0.4, -0.2) is 0 Å². The van der Waals surface area contributed by atoms with E-state index in [4.69, 9.17) is 0 Å². The van der Waals surface area contributed by atoms with Crippen LogP contribution in [0.2, 0.25) is 0 Å². The second-order valence-corrected chi connectivity index (χ2v) is 4.42. The van der Waals surface area contributed by atoms with Crippen LogP contribution in [0.25, 0.3) is 10.4 Å². The van der Waals surface area contributed by atoms with Crippen molar-refractivity contribution in [3.05, 3.63) is 33.3 Å². The van der Waals surface area contributed by atoms with Gasteiger partial charge in [-0.05, 0) is 41.8 Å². The smallest absolute Gasteiger partial charge is 0.0538 e. The minimum atomic E-state index is 1.28. The molecule has 0 fully saturated rings. The molecule has 0 amide bonds. The van der Waals surface area contributed by atoms with Crippen molar-refractivity contribution in [2.75, 3.05) is 0 Å². The molecule has 0 aromatic carbocycles. The molecule has 2 aromatic rings. The Morgan fingerprint density at radius 3 is 2.58 bits per heavy atom. The quantitative estimate of drug-likeness (QED) is 0.644. The van der Waals surface area contributed by atoms with Crippen LogP contribution in [0, 0.1) is 19.2 Å². The summed E-state index contributed by atoms with van der Waals surface area (Å²) in [5.74, 6) is 0. The Labute approximate surface area is 80.5 Å². The summed E-state index contributed by atoms with van der Waals surface area (Å²) in [6.07, 6.45) is 0. The van der Waals surface area contributed by atoms with E-state index in [9.17, 15) is 0 Å². The molecular formula is C10H9S2. The van der Waals surface area contributed by atoms with Crippen LogP contribution >= 0.6 is 22.7 Å². The number of aryl methyl sites for hydroxylation is 2. The average molecular weight is 193 g/mol. The minimum absolute atomic E-state index is 1.28. The van der Waals surface area contributed by atoms with Gasteiger partial charge in [-0.25, -0.2) is 0 Å². The first kappa shape index (κ1) is 8.02. The zero-order valence-electron chi connectivity index (χ0n) is 7.05. The molecule has 1 radical (unpaired) electrons. The Morgan fingerprint density at radius 1 is 1.25 bits per heavy atom. The summed E-state index contributed by atoms with van der Waals surface area (Å²) in [5.41, 5.74) is 3.98. The molecule has 12 heavy (non-hydrogen) atoms. The lowest BCUT2D eigenvalue weighted by Crippen LogP contribution is -1.74. The molecule has 0 N–H and O–H groups in total. The average Bonchev–Trinajstić information content (AvgIpc) is 2.59. The predicted octanol–water partition coefficient (Wildman–Crippen LogP) is 3.89. The molecule has 0 bridgehead atoms. The van der Waals surface area contributed by atoms with Gasteiger partial charge in [0, 0.05) is 10.4 Å². The van der Waals surface area contributed by atoms with Gasteiger partial charge in [-0.1, -0.05) is 0 Å². The van der Waals surface area contributed by atoms with Gasteiger partial charge in [0.25, 0.3) is 0 Å². The molecule has 2 heteroatoms. The first-order valence-electron chi connectivity index (χ1n) is 3.79. The number of hydrogen-bond donors (Lipinski definition) is 0. The maximum Gasteiger partial charge on any atom is 0.0538 e. The maximum atomic E-state index is 3.30. The first-order chi connectivity index (χ1) is 5.79. The van der Waals surface area contributed by atoms with Crippen LogP contribution in [0.15, 0.2) is 16.8 Å². The molecule has 0 saturated heterocycles. The Morgan fingerprint density at radius 2 is 2.08 bits per heavy atom. The SMILES string of the molecule is Cc1cs[c]c1-c1sccc1C. The zero-order chi connectivity index (χ0) is 8.55. The van der Waals surface area contributed by atoms with E-state index in [0.29, 0.717) is 0 Å². The third-order valence-electron chi connectivity index (χ3n) is 1.88. The Bertz CT molecular complexity index is 344. The lowest BCUT2D eigenvalue weighted by atomic mass is 10.1. The molecule has 2 rings (SSSR count). The van der Waals surface area contributed by atoms with Crippen LogP contribution < -0.4 is 0 Å². The van der Waals surface area contributed by atoms with Crippen molar-refractivity contribution < 1.29 is 0 Å². The van der Waals surface area contributed by atoms with E-state index in [-0.39, 0.29) is 0 Å². The van der Waals surface area contributed by atoms with Gasteiger partial charge in [0.2, 0.25) is 0 Å². The number of thiophene rings is 2. The lowest BCUT2D eigenvalue weighted by Gasteiger charge is -1.96. The molecule has 2 heterocycles. The van der Waals surface area contributed by atoms with Gasteiger partial charge in [0.1, 0.15) is 0 Å². The van der Waals surface area contributed by atoms with Gasteiger partial charge in [0.15, 0.2) is 0 Å². The topological polar surface area (TPSA) is 0 Å². The van der Waals surface area contributed by atoms with Crippen molar-refractivity contribution >= 4 is 22.7 Å². The van der Waals surface area contributed by atoms with Crippen molar-refractivity contribution in [3.63, 3.8) is 0 Å². The highest BCUT2D eigenvalue weighted by Crippen LogP contribution is 2.32. The summed E-state index contributed by atoms with van der Waals surface area (Å²) in [6.45, 7) is 4.29. The molecule has 0 saturated carbocycles. The second kappa shape index (κ2) is 3.04. The molecule has 0 spiro atoms. The minimum Gasteiger partial charge on any atom is -0.143 e. The standard InChI is InChI=1S/C10H9S2/c1-7-3-4-12-10(7)9-6-11-5-8(9)2/h3-5H,1-2H3. The van der Waals surface area contributed by atoms with E-state index in [1.165, 1.54) is 21.6 Å². The fourth-order valence-corrected chi connectivity index (χ4v) is 2.96. The van der Waals surface area contributed by atoms with Crippen molar-refractivity contribution in [2.24, 2.45) is 0 Å². The lowest BCUT2D eigenvalue weighted by molar-refractivity contribution is 1.50. The van der Waals surface area contributed by atoms with Crippen molar-refractivity contribution in [3.8, 4) is 10.4 Å². The Hall–Kier alpha value is -0.600. The molecule has 0 aliphatic carbocycles. The fourth-order valence-electron chi connectivity index (χ4n) is 1.17. The third kappa shape index (κ3) is 1.21. The molecular weight excluding hydrogens is 184 g/mol. The van der Waals surface area contributed by atoms with Gasteiger partial charge >= 0.3 is 0 Å². The van der Waals surface area contributed by atoms with Crippen LogP contribution in [0.5, 0.6) is 0 Å². The summed E-state index contributed by atoms with van der Waals surface area (Å²) in [5, 5.41) is 7.58. The molecule has 2 aromatic heterocycles. The molecule has 61 valence electrons. The van der Waals surface area contributed by atoms with Crippen LogP contribution in [0.4, 0.5) is 0 Å².